The quantitative estimate of drug-likeness (QED) is 0.571. The average molecular weight is 363 g/mol. The molecule has 0 fully saturated rings. The van der Waals surface area contributed by atoms with Gasteiger partial charge in [0.15, 0.2) is 0 Å². The third-order valence-corrected chi connectivity index (χ3v) is 4.66. The summed E-state index contributed by atoms with van der Waals surface area (Å²) >= 11 is 5.87. The maximum atomic E-state index is 12.3. The van der Waals surface area contributed by atoms with Gasteiger partial charge in [0.1, 0.15) is 11.8 Å². The number of nitrogens with zero attached hydrogens (tertiary/aromatic N) is 1. The van der Waals surface area contributed by atoms with Crippen molar-refractivity contribution in [3.8, 4) is 0 Å². The Morgan fingerprint density at radius 3 is 2.62 bits per heavy atom. The zero-order valence-electron chi connectivity index (χ0n) is 12.1. The van der Waals surface area contributed by atoms with E-state index in [9.17, 15) is 13.2 Å². The lowest BCUT2D eigenvalue weighted by molar-refractivity contribution is 0.584. The summed E-state index contributed by atoms with van der Waals surface area (Å²) in [7, 11) is -3.79. The van der Waals surface area contributed by atoms with Crippen molar-refractivity contribution in [2.24, 2.45) is 5.10 Å². The first-order valence-electron chi connectivity index (χ1n) is 6.78. The summed E-state index contributed by atoms with van der Waals surface area (Å²) < 4.78 is 29.4. The van der Waals surface area contributed by atoms with E-state index in [1.807, 2.05) is 4.83 Å². The Morgan fingerprint density at radius 1 is 1.12 bits per heavy atom. The smallest absolute Gasteiger partial charge is 0.276 e. The minimum absolute atomic E-state index is 0.0690. The summed E-state index contributed by atoms with van der Waals surface area (Å²) in [4.78, 5) is 14.4. The van der Waals surface area contributed by atoms with Crippen LogP contribution in [-0.4, -0.2) is 14.6 Å². The maximum Gasteiger partial charge on any atom is 0.276 e. The van der Waals surface area contributed by atoms with Gasteiger partial charge in [0.05, 0.1) is 22.1 Å². The summed E-state index contributed by atoms with van der Waals surface area (Å²) in [6.07, 6.45) is 2.30. The van der Waals surface area contributed by atoms with Gasteiger partial charge in [-0.15, -0.1) is 0 Å². The van der Waals surface area contributed by atoms with Crippen LogP contribution in [0.4, 0.5) is 0 Å². The number of halogens is 1. The van der Waals surface area contributed by atoms with Crippen molar-refractivity contribution in [1.29, 1.82) is 0 Å². The highest BCUT2D eigenvalue weighted by Gasteiger charge is 2.11. The first-order valence-corrected chi connectivity index (χ1v) is 8.64. The molecule has 0 aliphatic heterocycles. The molecule has 0 atom stereocenters. The third-order valence-electron chi connectivity index (χ3n) is 3.19. The number of fused-ring (bicyclic) bond motifs is 1. The van der Waals surface area contributed by atoms with E-state index in [4.69, 9.17) is 16.0 Å². The first-order chi connectivity index (χ1) is 11.5. The van der Waals surface area contributed by atoms with Gasteiger partial charge in [-0.05, 0) is 30.3 Å². The monoisotopic (exact) mass is 362 g/mol. The van der Waals surface area contributed by atoms with Gasteiger partial charge in [-0.1, -0.05) is 29.8 Å². The number of hydrazone groups is 1. The molecule has 0 saturated heterocycles. The van der Waals surface area contributed by atoms with Crippen LogP contribution in [0.2, 0.25) is 5.02 Å². The molecule has 0 amide bonds. The Balaban J connectivity index is 1.89. The molecule has 0 spiro atoms. The summed E-state index contributed by atoms with van der Waals surface area (Å²) in [6.45, 7) is 0. The van der Waals surface area contributed by atoms with Gasteiger partial charge in [0.25, 0.3) is 10.0 Å². The number of rotatable bonds is 4. The second kappa shape index (κ2) is 6.46. The van der Waals surface area contributed by atoms with Crippen LogP contribution < -0.4 is 10.3 Å². The molecule has 3 aromatic rings. The Morgan fingerprint density at radius 2 is 1.88 bits per heavy atom. The molecule has 0 aliphatic carbocycles. The highest BCUT2D eigenvalue weighted by Crippen LogP contribution is 2.16. The summed E-state index contributed by atoms with van der Waals surface area (Å²) in [5.41, 5.74) is 0.119. The fourth-order valence-corrected chi connectivity index (χ4v) is 3.01. The van der Waals surface area contributed by atoms with Crippen molar-refractivity contribution in [3.63, 3.8) is 0 Å². The lowest BCUT2D eigenvalue weighted by Gasteiger charge is -2.02. The predicted molar refractivity (Wildman–Crippen MR) is 91.9 cm³/mol. The van der Waals surface area contributed by atoms with Crippen LogP contribution in [0.1, 0.15) is 5.56 Å². The number of nitrogens with one attached hydrogen (secondary N) is 1. The number of hydrogen-bond donors (Lipinski definition) is 1. The number of sulfonamides is 1. The van der Waals surface area contributed by atoms with E-state index in [1.165, 1.54) is 24.5 Å². The van der Waals surface area contributed by atoms with Crippen molar-refractivity contribution in [2.75, 3.05) is 0 Å². The van der Waals surface area contributed by atoms with Gasteiger partial charge in [-0.3, -0.25) is 4.79 Å². The lowest BCUT2D eigenvalue weighted by atomic mass is 10.2. The summed E-state index contributed by atoms with van der Waals surface area (Å²) in [5, 5.41) is 4.31. The molecule has 1 N–H and O–H groups in total. The van der Waals surface area contributed by atoms with Crippen LogP contribution in [0.5, 0.6) is 0 Å². The minimum atomic E-state index is -3.79. The van der Waals surface area contributed by atoms with Crippen LogP contribution in [-0.2, 0) is 10.0 Å². The highest BCUT2D eigenvalue weighted by atomic mass is 35.5. The van der Waals surface area contributed by atoms with Gasteiger partial charge < -0.3 is 4.42 Å². The number of benzene rings is 2. The second-order valence-electron chi connectivity index (χ2n) is 4.83. The Kier molecular flexibility index (Phi) is 4.37. The van der Waals surface area contributed by atoms with E-state index in [0.717, 1.165) is 6.21 Å². The molecule has 3 rings (SSSR count). The van der Waals surface area contributed by atoms with Gasteiger partial charge in [-0.25, -0.2) is 4.83 Å². The van der Waals surface area contributed by atoms with E-state index >= 15 is 0 Å². The SMILES string of the molecule is O=c1c(/C=N/NS(=O)(=O)c2ccccc2)coc2ccc(Cl)cc12. The predicted octanol–water partition coefficient (Wildman–Crippen LogP) is 2.76. The molecule has 1 aromatic heterocycles. The van der Waals surface area contributed by atoms with Gasteiger partial charge >= 0.3 is 0 Å². The molecule has 24 heavy (non-hydrogen) atoms. The zero-order chi connectivity index (χ0) is 17.2. The molecule has 0 saturated carbocycles. The van der Waals surface area contributed by atoms with Crippen LogP contribution >= 0.6 is 11.6 Å². The van der Waals surface area contributed by atoms with Crippen molar-refractivity contribution < 1.29 is 12.8 Å². The average Bonchev–Trinajstić information content (AvgIpc) is 2.58. The Labute approximate surface area is 142 Å². The van der Waals surface area contributed by atoms with E-state index in [2.05, 4.69) is 5.10 Å². The maximum absolute atomic E-state index is 12.3. The number of hydrogen-bond acceptors (Lipinski definition) is 5. The molecule has 2 aromatic carbocycles. The second-order valence-corrected chi connectivity index (χ2v) is 6.92. The summed E-state index contributed by atoms with van der Waals surface area (Å²) in [6, 6.07) is 12.4. The van der Waals surface area contributed by atoms with Gasteiger partial charge in [0, 0.05) is 5.02 Å². The normalized spacial score (nSPS) is 11.9. The molecule has 0 unspecified atom stereocenters. The van der Waals surface area contributed by atoms with E-state index in [0.29, 0.717) is 10.6 Å². The van der Waals surface area contributed by atoms with Gasteiger partial charge in [0.2, 0.25) is 5.43 Å². The molecular formula is C16H11ClN2O4S. The third kappa shape index (κ3) is 3.32. The first kappa shape index (κ1) is 16.2. The highest BCUT2D eigenvalue weighted by molar-refractivity contribution is 7.89. The lowest BCUT2D eigenvalue weighted by Crippen LogP contribution is -2.19. The largest absolute Gasteiger partial charge is 0.463 e. The molecule has 8 heteroatoms. The van der Waals surface area contributed by atoms with Gasteiger partial charge in [-0.2, -0.15) is 13.5 Å². The summed E-state index contributed by atoms with van der Waals surface area (Å²) in [5.74, 6) is 0. The van der Waals surface area contributed by atoms with Crippen LogP contribution in [0.3, 0.4) is 0 Å². The topological polar surface area (TPSA) is 88.7 Å². The molecule has 1 heterocycles. The Hall–Kier alpha value is -2.64. The molecule has 0 aliphatic rings. The van der Waals surface area contributed by atoms with Crippen molar-refractivity contribution in [3.05, 3.63) is 75.6 Å². The standard InChI is InChI=1S/C16H11ClN2O4S/c17-12-6-7-15-14(8-12)16(20)11(10-23-15)9-18-19-24(21,22)13-4-2-1-3-5-13/h1-10,19H/b18-9+. The van der Waals surface area contributed by atoms with E-state index in [1.54, 1.807) is 30.3 Å². The van der Waals surface area contributed by atoms with Crippen molar-refractivity contribution in [2.45, 2.75) is 4.90 Å². The fourth-order valence-electron chi connectivity index (χ4n) is 2.03. The van der Waals surface area contributed by atoms with Crippen LogP contribution in [0.25, 0.3) is 11.0 Å². The van der Waals surface area contributed by atoms with E-state index < -0.39 is 10.0 Å². The fraction of sp³-hybridized carbons (Fsp3) is 0. The molecule has 0 radical (unpaired) electrons. The molecular weight excluding hydrogens is 352 g/mol. The van der Waals surface area contributed by atoms with Crippen LogP contribution in [0, 0.1) is 0 Å². The molecule has 122 valence electrons. The van der Waals surface area contributed by atoms with Crippen molar-refractivity contribution in [1.82, 2.24) is 4.83 Å². The zero-order valence-corrected chi connectivity index (χ0v) is 13.7. The molecule has 0 bridgehead atoms. The minimum Gasteiger partial charge on any atom is -0.463 e. The van der Waals surface area contributed by atoms with E-state index in [-0.39, 0.29) is 21.3 Å². The van der Waals surface area contributed by atoms with Crippen LogP contribution in [0.15, 0.2) is 74.0 Å². The Bertz CT molecular complexity index is 1080. The molecule has 6 nitrogen and oxygen atoms in total. The van der Waals surface area contributed by atoms with Crippen molar-refractivity contribution >= 4 is 38.8 Å².